The zero-order valence-corrected chi connectivity index (χ0v) is 14.0. The highest BCUT2D eigenvalue weighted by Crippen LogP contribution is 2.20. The molecule has 2 amide bonds. The van der Waals surface area contributed by atoms with Crippen molar-refractivity contribution in [2.24, 2.45) is 0 Å². The summed E-state index contributed by atoms with van der Waals surface area (Å²) in [6.45, 7) is 2.21. The lowest BCUT2D eigenvalue weighted by molar-refractivity contribution is 0.173. The Balaban J connectivity index is 1.91. The quantitative estimate of drug-likeness (QED) is 0.730. The molecule has 128 valence electrons. The van der Waals surface area contributed by atoms with Gasteiger partial charge in [0.2, 0.25) is 0 Å². The third kappa shape index (κ3) is 5.59. The highest BCUT2D eigenvalue weighted by molar-refractivity contribution is 5.89. The smallest absolute Gasteiger partial charge is 0.319 e. The van der Waals surface area contributed by atoms with Gasteiger partial charge in [-0.1, -0.05) is 30.3 Å². The van der Waals surface area contributed by atoms with Crippen LogP contribution in [0.15, 0.2) is 54.6 Å². The minimum absolute atomic E-state index is 0.0628. The summed E-state index contributed by atoms with van der Waals surface area (Å²) in [7, 11) is 1.60. The summed E-state index contributed by atoms with van der Waals surface area (Å²) in [6, 6.07) is 16.8. The van der Waals surface area contributed by atoms with Gasteiger partial charge >= 0.3 is 6.03 Å². The first-order valence-electron chi connectivity index (χ1n) is 8.00. The zero-order chi connectivity index (χ0) is 17.4. The van der Waals surface area contributed by atoms with Gasteiger partial charge in [0.15, 0.2) is 0 Å². The number of aliphatic hydroxyl groups is 1. The Morgan fingerprint density at radius 3 is 2.38 bits per heavy atom. The molecule has 2 rings (SSSR count). The van der Waals surface area contributed by atoms with Gasteiger partial charge in [-0.15, -0.1) is 0 Å². The van der Waals surface area contributed by atoms with E-state index in [0.717, 1.165) is 11.3 Å². The Morgan fingerprint density at radius 1 is 1.12 bits per heavy atom. The number of nitrogens with one attached hydrogen (secondary N) is 2. The molecule has 24 heavy (non-hydrogen) atoms. The molecule has 2 aromatic carbocycles. The van der Waals surface area contributed by atoms with Crippen LogP contribution in [0.2, 0.25) is 0 Å². The molecule has 0 aliphatic carbocycles. The van der Waals surface area contributed by atoms with Gasteiger partial charge in [0, 0.05) is 18.2 Å². The first kappa shape index (κ1) is 17.8. The maximum absolute atomic E-state index is 12.1. The molecule has 0 fully saturated rings. The Bertz CT molecular complexity index is 627. The summed E-state index contributed by atoms with van der Waals surface area (Å²) in [6.07, 6.45) is 0.161. The number of ether oxygens (including phenoxy) is 1. The molecule has 5 heteroatoms. The number of benzene rings is 2. The van der Waals surface area contributed by atoms with Crippen molar-refractivity contribution >= 4 is 11.7 Å². The summed E-state index contributed by atoms with van der Waals surface area (Å²) >= 11 is 0. The number of anilines is 1. The minimum atomic E-state index is -0.429. The topological polar surface area (TPSA) is 70.6 Å². The maximum Gasteiger partial charge on any atom is 0.319 e. The molecule has 0 heterocycles. The highest BCUT2D eigenvalue weighted by atomic mass is 16.5. The SMILES string of the molecule is COc1ccc(NC(=O)NCC(CC(C)O)c2ccccc2)cc1. The molecular formula is C19H24N2O3. The van der Waals surface area contributed by atoms with Crippen molar-refractivity contribution in [2.45, 2.75) is 25.4 Å². The maximum atomic E-state index is 12.1. The van der Waals surface area contributed by atoms with E-state index in [-0.39, 0.29) is 11.9 Å². The van der Waals surface area contributed by atoms with Crippen LogP contribution < -0.4 is 15.4 Å². The molecule has 0 aliphatic heterocycles. The molecule has 2 aromatic rings. The number of hydrogen-bond acceptors (Lipinski definition) is 3. The van der Waals surface area contributed by atoms with Crippen LogP contribution in [-0.2, 0) is 0 Å². The lowest BCUT2D eigenvalue weighted by Crippen LogP contribution is -2.33. The van der Waals surface area contributed by atoms with E-state index in [0.29, 0.717) is 18.7 Å². The van der Waals surface area contributed by atoms with Crippen LogP contribution in [0.5, 0.6) is 5.75 Å². The van der Waals surface area contributed by atoms with Crippen molar-refractivity contribution < 1.29 is 14.6 Å². The van der Waals surface area contributed by atoms with Crippen molar-refractivity contribution in [3.8, 4) is 5.75 Å². The van der Waals surface area contributed by atoms with E-state index in [2.05, 4.69) is 10.6 Å². The van der Waals surface area contributed by atoms with E-state index >= 15 is 0 Å². The molecular weight excluding hydrogens is 304 g/mol. The van der Waals surface area contributed by atoms with Gasteiger partial charge in [-0.2, -0.15) is 0 Å². The second-order valence-corrected chi connectivity index (χ2v) is 5.76. The predicted molar refractivity (Wildman–Crippen MR) is 95.5 cm³/mol. The van der Waals surface area contributed by atoms with Crippen molar-refractivity contribution in [3.05, 3.63) is 60.2 Å². The van der Waals surface area contributed by atoms with E-state index in [1.165, 1.54) is 0 Å². The normalized spacial score (nSPS) is 13.0. The lowest BCUT2D eigenvalue weighted by Gasteiger charge is -2.20. The van der Waals surface area contributed by atoms with Gasteiger partial charge in [0.25, 0.3) is 0 Å². The molecule has 0 bridgehead atoms. The summed E-state index contributed by atoms with van der Waals surface area (Å²) in [5.41, 5.74) is 1.79. The van der Waals surface area contributed by atoms with E-state index in [9.17, 15) is 9.90 Å². The number of urea groups is 1. The van der Waals surface area contributed by atoms with Crippen molar-refractivity contribution in [1.82, 2.24) is 5.32 Å². The van der Waals surface area contributed by atoms with Crippen molar-refractivity contribution in [2.75, 3.05) is 19.0 Å². The standard InChI is InChI=1S/C19H24N2O3/c1-14(22)12-16(15-6-4-3-5-7-15)13-20-19(23)21-17-8-10-18(24-2)11-9-17/h3-11,14,16,22H,12-13H2,1-2H3,(H2,20,21,23). The van der Waals surface area contributed by atoms with Crippen LogP contribution in [0.25, 0.3) is 0 Å². The Hall–Kier alpha value is -2.53. The van der Waals surface area contributed by atoms with Crippen molar-refractivity contribution in [1.29, 1.82) is 0 Å². The number of hydrogen-bond donors (Lipinski definition) is 3. The molecule has 0 aliphatic rings. The average Bonchev–Trinajstić information content (AvgIpc) is 2.59. The second kappa shape index (κ2) is 8.93. The molecule has 0 aromatic heterocycles. The zero-order valence-electron chi connectivity index (χ0n) is 14.0. The summed E-state index contributed by atoms with van der Waals surface area (Å²) in [4.78, 5) is 12.1. The molecule has 2 unspecified atom stereocenters. The number of methoxy groups -OCH3 is 1. The number of aliphatic hydroxyl groups excluding tert-OH is 1. The molecule has 3 N–H and O–H groups in total. The first-order chi connectivity index (χ1) is 11.6. The third-order valence-corrected chi connectivity index (χ3v) is 3.75. The summed E-state index contributed by atoms with van der Waals surface area (Å²) < 4.78 is 5.09. The number of carbonyl (C=O) groups is 1. The Morgan fingerprint density at radius 2 is 1.79 bits per heavy atom. The van der Waals surface area contributed by atoms with E-state index in [1.807, 2.05) is 30.3 Å². The largest absolute Gasteiger partial charge is 0.497 e. The van der Waals surface area contributed by atoms with Crippen LogP contribution in [0.4, 0.5) is 10.5 Å². The van der Waals surface area contributed by atoms with Crippen LogP contribution in [0, 0.1) is 0 Å². The fraction of sp³-hybridized carbons (Fsp3) is 0.316. The molecule has 0 saturated carbocycles. The van der Waals surface area contributed by atoms with Gasteiger partial charge in [-0.05, 0) is 43.2 Å². The molecule has 0 saturated heterocycles. The third-order valence-electron chi connectivity index (χ3n) is 3.75. The fourth-order valence-corrected chi connectivity index (χ4v) is 2.54. The average molecular weight is 328 g/mol. The van der Waals surface area contributed by atoms with Gasteiger partial charge in [-0.25, -0.2) is 4.79 Å². The molecule has 5 nitrogen and oxygen atoms in total. The van der Waals surface area contributed by atoms with E-state index in [1.54, 1.807) is 38.3 Å². The number of amides is 2. The van der Waals surface area contributed by atoms with E-state index in [4.69, 9.17) is 4.74 Å². The molecule has 2 atom stereocenters. The lowest BCUT2D eigenvalue weighted by atomic mass is 9.93. The molecule has 0 spiro atoms. The number of carbonyl (C=O) groups excluding carboxylic acids is 1. The number of rotatable bonds is 7. The monoisotopic (exact) mass is 328 g/mol. The van der Waals surface area contributed by atoms with Gasteiger partial charge in [-0.3, -0.25) is 0 Å². The van der Waals surface area contributed by atoms with E-state index < -0.39 is 6.10 Å². The Kier molecular flexibility index (Phi) is 6.63. The van der Waals surface area contributed by atoms with Gasteiger partial charge in [0.1, 0.15) is 5.75 Å². The van der Waals surface area contributed by atoms with Gasteiger partial charge in [0.05, 0.1) is 13.2 Å². The Labute approximate surface area is 142 Å². The highest BCUT2D eigenvalue weighted by Gasteiger charge is 2.15. The molecule has 0 radical (unpaired) electrons. The second-order valence-electron chi connectivity index (χ2n) is 5.76. The van der Waals surface area contributed by atoms with Gasteiger partial charge < -0.3 is 20.5 Å². The van der Waals surface area contributed by atoms with Crippen molar-refractivity contribution in [3.63, 3.8) is 0 Å². The fourth-order valence-electron chi connectivity index (χ4n) is 2.54. The predicted octanol–water partition coefficient (Wildman–Crippen LogP) is 3.37. The minimum Gasteiger partial charge on any atom is -0.497 e. The van der Waals surface area contributed by atoms with Crippen LogP contribution in [0.1, 0.15) is 24.8 Å². The summed E-state index contributed by atoms with van der Waals surface area (Å²) in [5.74, 6) is 0.801. The van der Waals surface area contributed by atoms with Crippen LogP contribution >= 0.6 is 0 Å². The van der Waals surface area contributed by atoms with Crippen LogP contribution in [0.3, 0.4) is 0 Å². The van der Waals surface area contributed by atoms with Crippen LogP contribution in [-0.4, -0.2) is 30.9 Å². The first-order valence-corrected chi connectivity index (χ1v) is 8.00. The summed E-state index contributed by atoms with van der Waals surface area (Å²) in [5, 5.41) is 15.4.